The number of pyridine rings is 1. The number of rotatable bonds is 3. The molecular formula is C14H20N2O. The van der Waals surface area contributed by atoms with Crippen molar-refractivity contribution in [3.05, 3.63) is 29.6 Å². The van der Waals surface area contributed by atoms with Crippen LogP contribution in [0.5, 0.6) is 0 Å². The molecule has 0 radical (unpaired) electrons. The van der Waals surface area contributed by atoms with E-state index < -0.39 is 0 Å². The maximum absolute atomic E-state index is 11.4. The monoisotopic (exact) mass is 232 g/mol. The maximum Gasteiger partial charge on any atom is 0.134 e. The van der Waals surface area contributed by atoms with E-state index in [9.17, 15) is 4.79 Å². The van der Waals surface area contributed by atoms with Crippen molar-refractivity contribution in [2.45, 2.75) is 33.2 Å². The van der Waals surface area contributed by atoms with E-state index in [4.69, 9.17) is 0 Å². The van der Waals surface area contributed by atoms with Crippen molar-refractivity contribution in [1.82, 2.24) is 9.88 Å². The zero-order valence-corrected chi connectivity index (χ0v) is 10.6. The molecule has 0 spiro atoms. The van der Waals surface area contributed by atoms with Crippen molar-refractivity contribution in [2.75, 3.05) is 13.1 Å². The molecule has 1 aliphatic rings. The fourth-order valence-electron chi connectivity index (χ4n) is 2.43. The smallest absolute Gasteiger partial charge is 0.134 e. The van der Waals surface area contributed by atoms with Gasteiger partial charge < -0.3 is 0 Å². The number of hydrogen-bond donors (Lipinski definition) is 0. The van der Waals surface area contributed by atoms with Gasteiger partial charge in [0.15, 0.2) is 0 Å². The van der Waals surface area contributed by atoms with Crippen molar-refractivity contribution in [3.63, 3.8) is 0 Å². The molecule has 1 aromatic heterocycles. The van der Waals surface area contributed by atoms with Crippen molar-refractivity contribution in [3.8, 4) is 0 Å². The van der Waals surface area contributed by atoms with E-state index in [0.29, 0.717) is 5.78 Å². The van der Waals surface area contributed by atoms with Crippen molar-refractivity contribution in [2.24, 2.45) is 5.92 Å². The lowest BCUT2D eigenvalue weighted by atomic mass is 9.94. The summed E-state index contributed by atoms with van der Waals surface area (Å²) in [5.74, 6) is 0.556. The Balaban J connectivity index is 1.99. The molecule has 1 fully saturated rings. The minimum absolute atomic E-state index is 0.229. The first-order chi connectivity index (χ1) is 8.16. The van der Waals surface area contributed by atoms with E-state index in [0.717, 1.165) is 38.2 Å². The van der Waals surface area contributed by atoms with Gasteiger partial charge in [-0.05, 0) is 44.9 Å². The Hall–Kier alpha value is -1.22. The summed E-state index contributed by atoms with van der Waals surface area (Å²) in [5.41, 5.74) is 2.37. The predicted molar refractivity (Wildman–Crippen MR) is 67.7 cm³/mol. The number of piperidine rings is 1. The molecule has 0 N–H and O–H groups in total. The summed E-state index contributed by atoms with van der Waals surface area (Å²) in [6.45, 7) is 6.65. The molecule has 1 saturated heterocycles. The van der Waals surface area contributed by atoms with Gasteiger partial charge in [0.2, 0.25) is 0 Å². The molecule has 0 saturated carbocycles. The van der Waals surface area contributed by atoms with E-state index in [-0.39, 0.29) is 5.92 Å². The van der Waals surface area contributed by atoms with E-state index in [1.807, 2.05) is 12.3 Å². The first-order valence-electron chi connectivity index (χ1n) is 6.30. The molecule has 0 bridgehead atoms. The fraction of sp³-hybridized carbons (Fsp3) is 0.571. The summed E-state index contributed by atoms with van der Waals surface area (Å²) in [6, 6.07) is 4.06. The van der Waals surface area contributed by atoms with Crippen LogP contribution in [0, 0.1) is 12.8 Å². The molecule has 1 aromatic rings. The number of aryl methyl sites for hydroxylation is 1. The van der Waals surface area contributed by atoms with Crippen LogP contribution in [0.15, 0.2) is 18.3 Å². The third-order valence-corrected chi connectivity index (χ3v) is 3.57. The number of carbonyl (C=O) groups is 1. The van der Waals surface area contributed by atoms with Gasteiger partial charge in [-0.25, -0.2) is 0 Å². The fourth-order valence-corrected chi connectivity index (χ4v) is 2.43. The summed E-state index contributed by atoms with van der Waals surface area (Å²) in [6.07, 6.45) is 4.01. The van der Waals surface area contributed by atoms with Crippen LogP contribution in [-0.2, 0) is 11.3 Å². The molecule has 0 aliphatic carbocycles. The summed E-state index contributed by atoms with van der Waals surface area (Å²) in [7, 11) is 0. The number of carbonyl (C=O) groups excluding carboxylic acids is 1. The number of likely N-dealkylation sites (tertiary alicyclic amines) is 1. The Morgan fingerprint density at radius 1 is 1.59 bits per heavy atom. The normalized spacial score (nSPS) is 21.4. The predicted octanol–water partition coefficient (Wildman–Crippen LogP) is 2.19. The van der Waals surface area contributed by atoms with Crippen LogP contribution < -0.4 is 0 Å². The molecule has 1 unspecified atom stereocenters. The molecule has 1 aliphatic heterocycles. The van der Waals surface area contributed by atoms with Crippen LogP contribution in [0.4, 0.5) is 0 Å². The number of nitrogens with zero attached hydrogens (tertiary/aromatic N) is 2. The average Bonchev–Trinajstić information content (AvgIpc) is 2.32. The van der Waals surface area contributed by atoms with Crippen molar-refractivity contribution in [1.29, 1.82) is 0 Å². The zero-order valence-electron chi connectivity index (χ0n) is 10.6. The highest BCUT2D eigenvalue weighted by atomic mass is 16.1. The molecule has 3 heteroatoms. The van der Waals surface area contributed by atoms with Gasteiger partial charge in [0.05, 0.1) is 5.69 Å². The Labute approximate surface area is 103 Å². The Morgan fingerprint density at radius 2 is 2.41 bits per heavy atom. The maximum atomic E-state index is 11.4. The lowest BCUT2D eigenvalue weighted by molar-refractivity contribution is -0.122. The molecule has 0 amide bonds. The second-order valence-corrected chi connectivity index (χ2v) is 4.95. The largest absolute Gasteiger partial charge is 0.300 e. The van der Waals surface area contributed by atoms with Gasteiger partial charge >= 0.3 is 0 Å². The second kappa shape index (κ2) is 5.41. The van der Waals surface area contributed by atoms with Gasteiger partial charge in [0.1, 0.15) is 5.78 Å². The van der Waals surface area contributed by atoms with E-state index in [1.54, 1.807) is 6.92 Å². The molecule has 92 valence electrons. The van der Waals surface area contributed by atoms with Crippen molar-refractivity contribution < 1.29 is 4.79 Å². The summed E-state index contributed by atoms with van der Waals surface area (Å²) in [5, 5.41) is 0. The third kappa shape index (κ3) is 3.13. The standard InChI is InChI=1S/C14H20N2O/c1-11-5-3-7-15-14(11)10-16-8-4-6-13(9-16)12(2)17/h3,5,7,13H,4,6,8-10H2,1-2H3. The highest BCUT2D eigenvalue weighted by Crippen LogP contribution is 2.19. The van der Waals surface area contributed by atoms with Gasteiger partial charge in [-0.2, -0.15) is 0 Å². The van der Waals surface area contributed by atoms with E-state index in [2.05, 4.69) is 22.9 Å². The molecule has 2 rings (SSSR count). The molecule has 1 atom stereocenters. The van der Waals surface area contributed by atoms with Crippen LogP contribution in [0.25, 0.3) is 0 Å². The minimum Gasteiger partial charge on any atom is -0.300 e. The molecule has 3 nitrogen and oxygen atoms in total. The summed E-state index contributed by atoms with van der Waals surface area (Å²) in [4.78, 5) is 18.2. The molecular weight excluding hydrogens is 212 g/mol. The first-order valence-corrected chi connectivity index (χ1v) is 6.30. The number of Topliss-reactive ketones (excluding diaryl/α,β-unsaturated/α-hetero) is 1. The van der Waals surface area contributed by atoms with E-state index in [1.165, 1.54) is 5.56 Å². The summed E-state index contributed by atoms with van der Waals surface area (Å²) >= 11 is 0. The van der Waals surface area contributed by atoms with Crippen LogP contribution in [0.1, 0.15) is 31.0 Å². The zero-order chi connectivity index (χ0) is 12.3. The first kappa shape index (κ1) is 12.2. The SMILES string of the molecule is CC(=O)C1CCCN(Cc2ncccc2C)C1. The van der Waals surface area contributed by atoms with Crippen LogP contribution >= 0.6 is 0 Å². The second-order valence-electron chi connectivity index (χ2n) is 4.95. The number of ketones is 1. The molecule has 17 heavy (non-hydrogen) atoms. The quantitative estimate of drug-likeness (QED) is 0.801. The van der Waals surface area contributed by atoms with Crippen LogP contribution in [0.2, 0.25) is 0 Å². The third-order valence-electron chi connectivity index (χ3n) is 3.57. The highest BCUT2D eigenvalue weighted by molar-refractivity contribution is 5.78. The Morgan fingerprint density at radius 3 is 3.12 bits per heavy atom. The molecule has 0 aromatic carbocycles. The van der Waals surface area contributed by atoms with Crippen LogP contribution in [0.3, 0.4) is 0 Å². The van der Waals surface area contributed by atoms with E-state index >= 15 is 0 Å². The van der Waals surface area contributed by atoms with Crippen molar-refractivity contribution >= 4 is 5.78 Å². The Kier molecular flexibility index (Phi) is 3.89. The van der Waals surface area contributed by atoms with Gasteiger partial charge in [0.25, 0.3) is 0 Å². The summed E-state index contributed by atoms with van der Waals surface area (Å²) < 4.78 is 0. The van der Waals surface area contributed by atoms with Gasteiger partial charge in [-0.15, -0.1) is 0 Å². The number of hydrogen-bond acceptors (Lipinski definition) is 3. The molecule has 2 heterocycles. The van der Waals surface area contributed by atoms with Gasteiger partial charge in [-0.1, -0.05) is 6.07 Å². The lowest BCUT2D eigenvalue weighted by Gasteiger charge is -2.31. The Bertz CT molecular complexity index is 403. The minimum atomic E-state index is 0.229. The van der Waals surface area contributed by atoms with Gasteiger partial charge in [0, 0.05) is 25.2 Å². The number of aromatic nitrogens is 1. The van der Waals surface area contributed by atoms with Gasteiger partial charge in [-0.3, -0.25) is 14.7 Å². The van der Waals surface area contributed by atoms with Crippen LogP contribution in [-0.4, -0.2) is 28.8 Å². The topological polar surface area (TPSA) is 33.2 Å². The highest BCUT2D eigenvalue weighted by Gasteiger charge is 2.23. The lowest BCUT2D eigenvalue weighted by Crippen LogP contribution is -2.37. The average molecular weight is 232 g/mol.